The van der Waals surface area contributed by atoms with Crippen molar-refractivity contribution < 1.29 is 4.79 Å². The Morgan fingerprint density at radius 3 is 2.29 bits per heavy atom. The van der Waals surface area contributed by atoms with E-state index < -0.39 is 0 Å². The molecule has 1 atom stereocenters. The molecular weight excluding hydrogens is 422 g/mol. The Morgan fingerprint density at radius 2 is 1.47 bits per heavy atom. The van der Waals surface area contributed by atoms with Crippen LogP contribution in [0.1, 0.15) is 34.0 Å². The SMILES string of the molecule is O=C1C[C@H](c2ccccc2)Cc2nc(Nc3nc(-c4ccccc4)c4ccccc4n3)ncc21. The number of nitrogens with zero attached hydrogens (tertiary/aromatic N) is 4. The molecule has 0 bridgehead atoms. The fourth-order valence-corrected chi connectivity index (χ4v) is 4.51. The highest BCUT2D eigenvalue weighted by atomic mass is 16.1. The zero-order chi connectivity index (χ0) is 22.9. The molecule has 6 rings (SSSR count). The summed E-state index contributed by atoms with van der Waals surface area (Å²) in [5, 5.41) is 4.14. The van der Waals surface area contributed by atoms with Crippen molar-refractivity contribution in [2.75, 3.05) is 5.32 Å². The number of rotatable bonds is 4. The summed E-state index contributed by atoms with van der Waals surface area (Å²) in [5.74, 6) is 0.995. The third kappa shape index (κ3) is 3.79. The zero-order valence-electron chi connectivity index (χ0n) is 18.3. The maximum atomic E-state index is 12.8. The van der Waals surface area contributed by atoms with E-state index >= 15 is 0 Å². The molecule has 0 radical (unpaired) electrons. The lowest BCUT2D eigenvalue weighted by Gasteiger charge is -2.23. The number of carbonyl (C=O) groups is 1. The molecule has 2 aromatic heterocycles. The number of ketones is 1. The van der Waals surface area contributed by atoms with E-state index in [0.717, 1.165) is 33.4 Å². The first kappa shape index (κ1) is 20.2. The molecule has 0 unspecified atom stereocenters. The highest BCUT2D eigenvalue weighted by Crippen LogP contribution is 2.32. The summed E-state index contributed by atoms with van der Waals surface area (Å²) in [6, 6.07) is 28.1. The second kappa shape index (κ2) is 8.48. The summed E-state index contributed by atoms with van der Waals surface area (Å²) in [6.07, 6.45) is 2.78. The first-order chi connectivity index (χ1) is 16.7. The normalized spacial score (nSPS) is 15.2. The number of fused-ring (bicyclic) bond motifs is 2. The number of Topliss-reactive ketones (excluding diaryl/α,β-unsaturated/α-hetero) is 1. The maximum absolute atomic E-state index is 12.8. The standard InChI is InChI=1S/C28H21N5O/c34-25-16-20(18-9-3-1-4-10-18)15-24-22(25)17-29-27(31-24)33-28-30-23-14-8-7-13-21(23)26(32-28)19-11-5-2-6-12-19/h1-14,17,20H,15-16H2,(H,29,30,31,32,33)/t20-/m1/s1. The van der Waals surface area contributed by atoms with Gasteiger partial charge in [0.1, 0.15) is 0 Å². The third-order valence-corrected chi connectivity index (χ3v) is 6.18. The molecule has 1 aliphatic carbocycles. The Labute approximate surface area is 196 Å². The van der Waals surface area contributed by atoms with E-state index in [9.17, 15) is 4.79 Å². The summed E-state index contributed by atoms with van der Waals surface area (Å²) in [4.78, 5) is 31.3. The molecule has 3 aromatic carbocycles. The number of aromatic nitrogens is 4. The lowest BCUT2D eigenvalue weighted by Crippen LogP contribution is -2.21. The van der Waals surface area contributed by atoms with Crippen LogP contribution < -0.4 is 5.32 Å². The summed E-state index contributed by atoms with van der Waals surface area (Å²) in [6.45, 7) is 0. The molecule has 34 heavy (non-hydrogen) atoms. The fourth-order valence-electron chi connectivity index (χ4n) is 4.51. The number of hydrogen-bond donors (Lipinski definition) is 1. The van der Waals surface area contributed by atoms with Crippen molar-refractivity contribution in [3.05, 3.63) is 108 Å². The molecule has 2 heterocycles. The van der Waals surface area contributed by atoms with Gasteiger partial charge < -0.3 is 0 Å². The van der Waals surface area contributed by atoms with Gasteiger partial charge >= 0.3 is 0 Å². The van der Waals surface area contributed by atoms with Crippen molar-refractivity contribution >= 4 is 28.6 Å². The van der Waals surface area contributed by atoms with Crippen molar-refractivity contribution in [3.63, 3.8) is 0 Å². The molecule has 0 spiro atoms. The quantitative estimate of drug-likeness (QED) is 0.381. The molecule has 0 fully saturated rings. The van der Waals surface area contributed by atoms with Gasteiger partial charge in [0.05, 0.1) is 22.5 Å². The van der Waals surface area contributed by atoms with E-state index in [-0.39, 0.29) is 11.7 Å². The highest BCUT2D eigenvalue weighted by Gasteiger charge is 2.28. The Bertz CT molecular complexity index is 1500. The fraction of sp³-hybridized carbons (Fsp3) is 0.107. The number of nitrogens with one attached hydrogen (secondary N) is 1. The van der Waals surface area contributed by atoms with Gasteiger partial charge in [0.25, 0.3) is 0 Å². The predicted molar refractivity (Wildman–Crippen MR) is 132 cm³/mol. The van der Waals surface area contributed by atoms with Gasteiger partial charge in [-0.05, 0) is 24.0 Å². The van der Waals surface area contributed by atoms with Crippen LogP contribution in [0.2, 0.25) is 0 Å². The monoisotopic (exact) mass is 443 g/mol. The van der Waals surface area contributed by atoms with Crippen LogP contribution in [0.15, 0.2) is 91.1 Å². The van der Waals surface area contributed by atoms with Gasteiger partial charge in [-0.1, -0.05) is 78.9 Å². The number of hydrogen-bond acceptors (Lipinski definition) is 6. The summed E-state index contributed by atoms with van der Waals surface area (Å²) in [5.41, 5.74) is 5.18. The Morgan fingerprint density at radius 1 is 0.735 bits per heavy atom. The Kier molecular flexibility index (Phi) is 5.03. The van der Waals surface area contributed by atoms with Crippen molar-refractivity contribution in [1.82, 2.24) is 19.9 Å². The molecule has 6 nitrogen and oxygen atoms in total. The minimum Gasteiger partial charge on any atom is -0.294 e. The van der Waals surface area contributed by atoms with E-state index in [2.05, 4.69) is 27.4 Å². The van der Waals surface area contributed by atoms with Crippen LogP contribution in [0.3, 0.4) is 0 Å². The van der Waals surface area contributed by atoms with E-state index in [1.54, 1.807) is 6.20 Å². The molecule has 1 N–H and O–H groups in total. The number of anilines is 2. The Hall–Kier alpha value is -4.45. The lowest BCUT2D eigenvalue weighted by molar-refractivity contribution is 0.0962. The van der Waals surface area contributed by atoms with Crippen molar-refractivity contribution in [3.8, 4) is 11.3 Å². The maximum Gasteiger partial charge on any atom is 0.230 e. The molecule has 0 amide bonds. The molecular formula is C28H21N5O. The van der Waals surface area contributed by atoms with E-state index in [4.69, 9.17) is 9.97 Å². The van der Waals surface area contributed by atoms with E-state index in [1.807, 2.05) is 72.8 Å². The van der Waals surface area contributed by atoms with Crippen LogP contribution in [-0.4, -0.2) is 25.7 Å². The van der Waals surface area contributed by atoms with Crippen LogP contribution in [-0.2, 0) is 6.42 Å². The average Bonchev–Trinajstić information content (AvgIpc) is 2.89. The van der Waals surface area contributed by atoms with Gasteiger partial charge in [-0.15, -0.1) is 0 Å². The minimum atomic E-state index is 0.0787. The highest BCUT2D eigenvalue weighted by molar-refractivity contribution is 5.98. The van der Waals surface area contributed by atoms with E-state index in [0.29, 0.717) is 30.3 Å². The third-order valence-electron chi connectivity index (χ3n) is 6.18. The largest absolute Gasteiger partial charge is 0.294 e. The zero-order valence-corrected chi connectivity index (χ0v) is 18.3. The summed E-state index contributed by atoms with van der Waals surface area (Å²) < 4.78 is 0. The van der Waals surface area contributed by atoms with Crippen LogP contribution in [0.4, 0.5) is 11.9 Å². The second-order valence-electron chi connectivity index (χ2n) is 8.40. The average molecular weight is 444 g/mol. The minimum absolute atomic E-state index is 0.0787. The lowest BCUT2D eigenvalue weighted by atomic mass is 9.82. The molecule has 1 aliphatic rings. The number of carbonyl (C=O) groups excluding carboxylic acids is 1. The number of para-hydroxylation sites is 1. The van der Waals surface area contributed by atoms with Crippen LogP contribution in [0.25, 0.3) is 22.2 Å². The molecule has 0 saturated carbocycles. The van der Waals surface area contributed by atoms with Crippen molar-refractivity contribution in [1.29, 1.82) is 0 Å². The summed E-state index contributed by atoms with van der Waals surface area (Å²) >= 11 is 0. The van der Waals surface area contributed by atoms with Gasteiger partial charge in [-0.3, -0.25) is 10.1 Å². The van der Waals surface area contributed by atoms with Gasteiger partial charge in [0, 0.05) is 23.6 Å². The van der Waals surface area contributed by atoms with Crippen molar-refractivity contribution in [2.24, 2.45) is 0 Å². The van der Waals surface area contributed by atoms with Crippen molar-refractivity contribution in [2.45, 2.75) is 18.8 Å². The van der Waals surface area contributed by atoms with Crippen LogP contribution in [0, 0.1) is 0 Å². The topological polar surface area (TPSA) is 80.7 Å². The van der Waals surface area contributed by atoms with Gasteiger partial charge in [0.2, 0.25) is 11.9 Å². The predicted octanol–water partition coefficient (Wildman–Crippen LogP) is 5.74. The smallest absolute Gasteiger partial charge is 0.230 e. The number of benzene rings is 3. The van der Waals surface area contributed by atoms with E-state index in [1.165, 1.54) is 0 Å². The molecule has 6 heteroatoms. The van der Waals surface area contributed by atoms with Gasteiger partial charge in [-0.2, -0.15) is 0 Å². The molecule has 5 aromatic rings. The van der Waals surface area contributed by atoms with Gasteiger partial charge in [-0.25, -0.2) is 19.9 Å². The van der Waals surface area contributed by atoms with Crippen LogP contribution >= 0.6 is 0 Å². The first-order valence-corrected chi connectivity index (χ1v) is 11.3. The summed E-state index contributed by atoms with van der Waals surface area (Å²) in [7, 11) is 0. The van der Waals surface area contributed by atoms with Crippen LogP contribution in [0.5, 0.6) is 0 Å². The van der Waals surface area contributed by atoms with Gasteiger partial charge in [0.15, 0.2) is 5.78 Å². The Balaban J connectivity index is 1.36. The molecule has 0 saturated heterocycles. The first-order valence-electron chi connectivity index (χ1n) is 11.3. The molecule has 0 aliphatic heterocycles. The second-order valence-corrected chi connectivity index (χ2v) is 8.40. The molecule has 164 valence electrons.